The zero-order valence-corrected chi connectivity index (χ0v) is 8.33. The Kier molecular flexibility index (Phi) is 2.74. The highest BCUT2D eigenvalue weighted by molar-refractivity contribution is 5.80. The largest absolute Gasteiger partial charge is 0.462 e. The van der Waals surface area contributed by atoms with Gasteiger partial charge in [0.15, 0.2) is 0 Å². The molecule has 0 atom stereocenters. The van der Waals surface area contributed by atoms with Crippen LogP contribution in [0.3, 0.4) is 0 Å². The summed E-state index contributed by atoms with van der Waals surface area (Å²) in [6, 6.07) is 0. The molecule has 1 aliphatic heterocycles. The zero-order valence-electron chi connectivity index (χ0n) is 8.33. The van der Waals surface area contributed by atoms with Gasteiger partial charge >= 0.3 is 5.97 Å². The van der Waals surface area contributed by atoms with Crippen LogP contribution in [-0.2, 0) is 14.3 Å². The molecule has 0 aromatic rings. The first-order valence-electron chi connectivity index (χ1n) is 5.26. The maximum Gasteiger partial charge on any atom is 0.313 e. The maximum absolute atomic E-state index is 11.7. The highest BCUT2D eigenvalue weighted by Gasteiger charge is 2.50. The van der Waals surface area contributed by atoms with Crippen molar-refractivity contribution in [2.24, 2.45) is 11.1 Å². The maximum atomic E-state index is 11.7. The molecule has 14 heavy (non-hydrogen) atoms. The Balaban J connectivity index is 1.81. The van der Waals surface area contributed by atoms with Crippen LogP contribution in [0, 0.1) is 5.41 Å². The number of hydrogen-bond donors (Lipinski definition) is 1. The number of carbonyl (C=O) groups excluding carboxylic acids is 1. The lowest BCUT2D eigenvalue weighted by atomic mass is 10.1. The van der Waals surface area contributed by atoms with E-state index in [1.54, 1.807) is 0 Å². The molecule has 80 valence electrons. The molecule has 0 bridgehead atoms. The highest BCUT2D eigenvalue weighted by atomic mass is 16.6. The average Bonchev–Trinajstić information content (AvgIpc) is 3.00. The Bertz CT molecular complexity index is 219. The molecule has 0 radical (unpaired) electrons. The van der Waals surface area contributed by atoms with Crippen LogP contribution in [0.5, 0.6) is 0 Å². The standard InChI is InChI=1S/C10H17NO3/c11-7-10(3-4-10)9(12)14-8-1-5-13-6-2-8/h8H,1-7,11H2. The third-order valence-electron chi connectivity index (χ3n) is 3.12. The molecule has 2 N–H and O–H groups in total. The van der Waals surface area contributed by atoms with Crippen molar-refractivity contribution < 1.29 is 14.3 Å². The SMILES string of the molecule is NCC1(C(=O)OC2CCOCC2)CC1. The van der Waals surface area contributed by atoms with E-state index in [1.165, 1.54) is 0 Å². The van der Waals surface area contributed by atoms with Gasteiger partial charge in [0.2, 0.25) is 0 Å². The van der Waals surface area contributed by atoms with Crippen LogP contribution in [0.4, 0.5) is 0 Å². The normalized spacial score (nSPS) is 25.8. The van der Waals surface area contributed by atoms with Gasteiger partial charge in [0.1, 0.15) is 6.10 Å². The van der Waals surface area contributed by atoms with Gasteiger partial charge < -0.3 is 15.2 Å². The Morgan fingerprint density at radius 2 is 2.07 bits per heavy atom. The number of rotatable bonds is 3. The van der Waals surface area contributed by atoms with Gasteiger partial charge in [0, 0.05) is 19.4 Å². The summed E-state index contributed by atoms with van der Waals surface area (Å²) in [5.74, 6) is -0.0908. The van der Waals surface area contributed by atoms with Gasteiger partial charge in [0.05, 0.1) is 18.6 Å². The van der Waals surface area contributed by atoms with Gasteiger partial charge in [-0.15, -0.1) is 0 Å². The van der Waals surface area contributed by atoms with Gasteiger partial charge in [-0.3, -0.25) is 4.79 Å². The molecule has 1 saturated heterocycles. The molecule has 0 spiro atoms. The fraction of sp³-hybridized carbons (Fsp3) is 0.900. The first-order valence-corrected chi connectivity index (χ1v) is 5.26. The Labute approximate surface area is 83.7 Å². The van der Waals surface area contributed by atoms with Crippen molar-refractivity contribution in [1.82, 2.24) is 0 Å². The summed E-state index contributed by atoms with van der Waals surface area (Å²) in [4.78, 5) is 11.7. The van der Waals surface area contributed by atoms with Crippen LogP contribution in [0.2, 0.25) is 0 Å². The summed E-state index contributed by atoms with van der Waals surface area (Å²) in [6.45, 7) is 1.83. The number of esters is 1. The Morgan fingerprint density at radius 1 is 1.43 bits per heavy atom. The van der Waals surface area contributed by atoms with Crippen LogP contribution in [0.1, 0.15) is 25.7 Å². The third kappa shape index (κ3) is 1.91. The van der Waals surface area contributed by atoms with Crippen LogP contribution >= 0.6 is 0 Å². The van der Waals surface area contributed by atoms with Crippen LogP contribution in [0.25, 0.3) is 0 Å². The van der Waals surface area contributed by atoms with E-state index in [9.17, 15) is 4.79 Å². The fourth-order valence-electron chi connectivity index (χ4n) is 1.71. The predicted octanol–water partition coefficient (Wildman–Crippen LogP) is 0.447. The summed E-state index contributed by atoms with van der Waals surface area (Å²) in [5, 5.41) is 0. The fourth-order valence-corrected chi connectivity index (χ4v) is 1.71. The van der Waals surface area contributed by atoms with Crippen LogP contribution < -0.4 is 5.73 Å². The van der Waals surface area contributed by atoms with E-state index in [4.69, 9.17) is 15.2 Å². The van der Waals surface area contributed by atoms with E-state index in [-0.39, 0.29) is 17.5 Å². The molecule has 0 amide bonds. The molecule has 1 aliphatic carbocycles. The molecule has 0 aromatic carbocycles. The molecular weight excluding hydrogens is 182 g/mol. The number of carbonyl (C=O) groups is 1. The molecule has 2 rings (SSSR count). The lowest BCUT2D eigenvalue weighted by Crippen LogP contribution is -2.33. The number of hydrogen-bond acceptors (Lipinski definition) is 4. The topological polar surface area (TPSA) is 61.6 Å². The second kappa shape index (κ2) is 3.87. The summed E-state index contributed by atoms with van der Waals surface area (Å²) < 4.78 is 10.6. The summed E-state index contributed by atoms with van der Waals surface area (Å²) in [6.07, 6.45) is 3.50. The number of nitrogens with two attached hydrogens (primary N) is 1. The lowest BCUT2D eigenvalue weighted by Gasteiger charge is -2.24. The molecule has 0 unspecified atom stereocenters. The number of ether oxygens (including phenoxy) is 2. The molecule has 1 saturated carbocycles. The van der Waals surface area contributed by atoms with E-state index in [0.29, 0.717) is 19.8 Å². The van der Waals surface area contributed by atoms with Gasteiger partial charge in [-0.1, -0.05) is 0 Å². The second-order valence-corrected chi connectivity index (χ2v) is 4.20. The molecule has 0 aromatic heterocycles. The van der Waals surface area contributed by atoms with Crippen molar-refractivity contribution in [3.63, 3.8) is 0 Å². The molecule has 1 heterocycles. The lowest BCUT2D eigenvalue weighted by molar-refractivity contribution is -0.159. The van der Waals surface area contributed by atoms with E-state index >= 15 is 0 Å². The summed E-state index contributed by atoms with van der Waals surface area (Å²) in [5.41, 5.74) is 5.23. The van der Waals surface area contributed by atoms with Gasteiger partial charge in [-0.25, -0.2) is 0 Å². The molecule has 4 nitrogen and oxygen atoms in total. The predicted molar refractivity (Wildman–Crippen MR) is 50.7 cm³/mol. The monoisotopic (exact) mass is 199 g/mol. The Hall–Kier alpha value is -0.610. The minimum absolute atomic E-state index is 0.0558. The van der Waals surface area contributed by atoms with Crippen molar-refractivity contribution in [3.05, 3.63) is 0 Å². The quantitative estimate of drug-likeness (QED) is 0.670. The minimum atomic E-state index is -0.321. The van der Waals surface area contributed by atoms with Crippen molar-refractivity contribution in [3.8, 4) is 0 Å². The zero-order chi connectivity index (χ0) is 10.0. The van der Waals surface area contributed by atoms with E-state index in [2.05, 4.69) is 0 Å². The van der Waals surface area contributed by atoms with Crippen molar-refractivity contribution >= 4 is 5.97 Å². The first kappa shape index (κ1) is 9.93. The second-order valence-electron chi connectivity index (χ2n) is 4.20. The minimum Gasteiger partial charge on any atom is -0.462 e. The van der Waals surface area contributed by atoms with E-state index in [0.717, 1.165) is 25.7 Å². The molecule has 2 fully saturated rings. The van der Waals surface area contributed by atoms with Crippen molar-refractivity contribution in [1.29, 1.82) is 0 Å². The highest BCUT2D eigenvalue weighted by Crippen LogP contribution is 2.46. The molecule has 4 heteroatoms. The third-order valence-corrected chi connectivity index (χ3v) is 3.12. The summed E-state index contributed by atoms with van der Waals surface area (Å²) in [7, 11) is 0. The van der Waals surface area contributed by atoms with Crippen molar-refractivity contribution in [2.75, 3.05) is 19.8 Å². The average molecular weight is 199 g/mol. The summed E-state index contributed by atoms with van der Waals surface area (Å²) >= 11 is 0. The van der Waals surface area contributed by atoms with E-state index < -0.39 is 0 Å². The van der Waals surface area contributed by atoms with Gasteiger partial charge in [-0.2, -0.15) is 0 Å². The van der Waals surface area contributed by atoms with Crippen LogP contribution in [-0.4, -0.2) is 31.8 Å². The van der Waals surface area contributed by atoms with Crippen molar-refractivity contribution in [2.45, 2.75) is 31.8 Å². The Morgan fingerprint density at radius 3 is 2.57 bits per heavy atom. The smallest absolute Gasteiger partial charge is 0.313 e. The van der Waals surface area contributed by atoms with E-state index in [1.807, 2.05) is 0 Å². The van der Waals surface area contributed by atoms with Crippen LogP contribution in [0.15, 0.2) is 0 Å². The first-order chi connectivity index (χ1) is 6.77. The van der Waals surface area contributed by atoms with Gasteiger partial charge in [-0.05, 0) is 12.8 Å². The molecular formula is C10H17NO3. The molecule has 2 aliphatic rings. The van der Waals surface area contributed by atoms with Gasteiger partial charge in [0.25, 0.3) is 0 Å².